The van der Waals surface area contributed by atoms with Crippen LogP contribution in [0.15, 0.2) is 0 Å². The molecule has 0 aliphatic heterocycles. The van der Waals surface area contributed by atoms with Gasteiger partial charge in [0.1, 0.15) is 6.04 Å². The summed E-state index contributed by atoms with van der Waals surface area (Å²) in [5, 5.41) is 2.45. The largest absolute Gasteiger partial charge is 0.368 e. The van der Waals surface area contributed by atoms with Crippen molar-refractivity contribution >= 4 is 11.8 Å². The summed E-state index contributed by atoms with van der Waals surface area (Å²) >= 11 is 0. The fourth-order valence-corrected chi connectivity index (χ4v) is 0.947. The van der Waals surface area contributed by atoms with Crippen LogP contribution >= 0.6 is 0 Å². The Balaban J connectivity index is 3.88. The monoisotopic (exact) mass is 201 g/mol. The molecule has 0 heterocycles. The smallest absolute Gasteiger partial charge is 0.239 e. The summed E-state index contributed by atoms with van der Waals surface area (Å²) in [6.45, 7) is 3.56. The number of amides is 2. The van der Waals surface area contributed by atoms with Crippen molar-refractivity contribution in [3.63, 3.8) is 0 Å². The molecule has 82 valence electrons. The third-order valence-corrected chi connectivity index (χ3v) is 1.99. The lowest BCUT2D eigenvalue weighted by Gasteiger charge is -2.14. The Morgan fingerprint density at radius 2 is 2.00 bits per heavy atom. The molecule has 2 amide bonds. The number of hydrogen-bond acceptors (Lipinski definition) is 3. The van der Waals surface area contributed by atoms with E-state index in [9.17, 15) is 9.59 Å². The van der Waals surface area contributed by atoms with Crippen molar-refractivity contribution in [2.75, 3.05) is 0 Å². The summed E-state index contributed by atoms with van der Waals surface area (Å²) in [5.74, 6) is -0.870. The minimum Gasteiger partial charge on any atom is -0.368 e. The first-order valence-electron chi connectivity index (χ1n) is 4.84. The number of nitrogens with two attached hydrogens (primary N) is 2. The Morgan fingerprint density at radius 1 is 1.43 bits per heavy atom. The molecule has 0 rings (SSSR count). The second kappa shape index (κ2) is 6.37. The van der Waals surface area contributed by atoms with Crippen LogP contribution in [0.2, 0.25) is 0 Å². The molecule has 5 heteroatoms. The van der Waals surface area contributed by atoms with Gasteiger partial charge in [-0.15, -0.1) is 0 Å². The van der Waals surface area contributed by atoms with E-state index in [1.807, 2.05) is 6.92 Å². The molecule has 0 aromatic heterocycles. The summed E-state index contributed by atoms with van der Waals surface area (Å²) < 4.78 is 0. The fourth-order valence-electron chi connectivity index (χ4n) is 0.947. The Bertz CT molecular complexity index is 206. The Kier molecular flexibility index (Phi) is 5.87. The van der Waals surface area contributed by atoms with Gasteiger partial charge in [0.05, 0.1) is 6.04 Å². The molecule has 2 atom stereocenters. The molecule has 5 N–H and O–H groups in total. The predicted molar refractivity (Wildman–Crippen MR) is 54.3 cm³/mol. The molecule has 0 spiro atoms. The summed E-state index contributed by atoms with van der Waals surface area (Å²) in [7, 11) is 0. The maximum atomic E-state index is 11.3. The highest BCUT2D eigenvalue weighted by Crippen LogP contribution is 1.98. The van der Waals surface area contributed by atoms with Gasteiger partial charge in [-0.3, -0.25) is 9.59 Å². The number of primary amides is 1. The van der Waals surface area contributed by atoms with Crippen molar-refractivity contribution in [2.45, 2.75) is 45.2 Å². The van der Waals surface area contributed by atoms with Crippen molar-refractivity contribution in [3.05, 3.63) is 0 Å². The van der Waals surface area contributed by atoms with E-state index in [-0.39, 0.29) is 5.91 Å². The number of unbranched alkanes of at least 4 members (excludes halogenated alkanes) is 1. The third kappa shape index (κ3) is 4.81. The lowest BCUT2D eigenvalue weighted by atomic mass is 10.1. The van der Waals surface area contributed by atoms with E-state index >= 15 is 0 Å². The van der Waals surface area contributed by atoms with Gasteiger partial charge in [-0.2, -0.15) is 0 Å². The first-order valence-corrected chi connectivity index (χ1v) is 4.84. The van der Waals surface area contributed by atoms with Gasteiger partial charge in [0.15, 0.2) is 0 Å². The second-order valence-corrected chi connectivity index (χ2v) is 3.38. The molecule has 5 nitrogen and oxygen atoms in total. The second-order valence-electron chi connectivity index (χ2n) is 3.38. The molecule has 0 aromatic carbocycles. The summed E-state index contributed by atoms with van der Waals surface area (Å²) in [5.41, 5.74) is 10.6. The molecule has 0 bridgehead atoms. The van der Waals surface area contributed by atoms with Crippen molar-refractivity contribution in [1.82, 2.24) is 5.32 Å². The van der Waals surface area contributed by atoms with E-state index in [1.165, 1.54) is 6.92 Å². The first kappa shape index (κ1) is 12.9. The predicted octanol–water partition coefficient (Wildman–Crippen LogP) is -0.506. The number of rotatable bonds is 6. The van der Waals surface area contributed by atoms with Crippen LogP contribution < -0.4 is 16.8 Å². The van der Waals surface area contributed by atoms with Gasteiger partial charge >= 0.3 is 0 Å². The van der Waals surface area contributed by atoms with Crippen LogP contribution in [0, 0.1) is 0 Å². The molecule has 0 fully saturated rings. The van der Waals surface area contributed by atoms with Gasteiger partial charge in [-0.05, 0) is 13.3 Å². The molecule has 0 saturated carbocycles. The number of hydrogen-bond donors (Lipinski definition) is 3. The summed E-state index contributed by atoms with van der Waals surface area (Å²) in [4.78, 5) is 22.0. The standard InChI is InChI=1S/C9H19N3O2/c1-3-4-5-7(10)9(14)12-6(2)8(11)13/h6-7H,3-5,10H2,1-2H3,(H2,11,13)(H,12,14). The number of carbonyl (C=O) groups excluding carboxylic acids is 2. The van der Waals surface area contributed by atoms with Crippen LogP contribution in [-0.2, 0) is 9.59 Å². The van der Waals surface area contributed by atoms with E-state index in [0.717, 1.165) is 12.8 Å². The summed E-state index contributed by atoms with van der Waals surface area (Å²) in [6, 6.07) is -1.20. The van der Waals surface area contributed by atoms with Crippen LogP contribution in [0.25, 0.3) is 0 Å². The zero-order valence-corrected chi connectivity index (χ0v) is 8.75. The maximum absolute atomic E-state index is 11.3. The molecule has 0 aliphatic carbocycles. The van der Waals surface area contributed by atoms with Gasteiger partial charge in [0, 0.05) is 0 Å². The van der Waals surface area contributed by atoms with E-state index in [2.05, 4.69) is 5.32 Å². The van der Waals surface area contributed by atoms with Gasteiger partial charge in [0.2, 0.25) is 11.8 Å². The molecule has 14 heavy (non-hydrogen) atoms. The zero-order valence-electron chi connectivity index (χ0n) is 8.75. The van der Waals surface area contributed by atoms with Crippen LogP contribution in [0.1, 0.15) is 33.1 Å². The molecule has 0 aromatic rings. The van der Waals surface area contributed by atoms with E-state index in [4.69, 9.17) is 11.5 Å². The topological polar surface area (TPSA) is 98.2 Å². The lowest BCUT2D eigenvalue weighted by molar-refractivity contribution is -0.127. The third-order valence-electron chi connectivity index (χ3n) is 1.99. The molecule has 2 unspecified atom stereocenters. The van der Waals surface area contributed by atoms with Gasteiger partial charge in [0.25, 0.3) is 0 Å². The SMILES string of the molecule is CCCCC(N)C(=O)NC(C)C(N)=O. The first-order chi connectivity index (χ1) is 6.49. The molecular formula is C9H19N3O2. The van der Waals surface area contributed by atoms with E-state index in [1.54, 1.807) is 0 Å². The summed E-state index contributed by atoms with van der Waals surface area (Å²) in [6.07, 6.45) is 2.53. The van der Waals surface area contributed by atoms with Gasteiger partial charge in [-0.1, -0.05) is 19.8 Å². The van der Waals surface area contributed by atoms with Crippen LogP contribution in [0.5, 0.6) is 0 Å². The average Bonchev–Trinajstić information content (AvgIpc) is 2.13. The van der Waals surface area contributed by atoms with Gasteiger partial charge in [-0.25, -0.2) is 0 Å². The van der Waals surface area contributed by atoms with E-state index < -0.39 is 18.0 Å². The minimum atomic E-state index is -0.657. The van der Waals surface area contributed by atoms with Crippen LogP contribution in [0.3, 0.4) is 0 Å². The van der Waals surface area contributed by atoms with Crippen molar-refractivity contribution in [1.29, 1.82) is 0 Å². The maximum Gasteiger partial charge on any atom is 0.239 e. The van der Waals surface area contributed by atoms with Gasteiger partial charge < -0.3 is 16.8 Å². The Hall–Kier alpha value is -1.10. The highest BCUT2D eigenvalue weighted by molar-refractivity contribution is 5.88. The number of nitrogens with one attached hydrogen (secondary N) is 1. The molecule has 0 saturated heterocycles. The fraction of sp³-hybridized carbons (Fsp3) is 0.778. The molecule has 0 radical (unpaired) electrons. The normalized spacial score (nSPS) is 14.5. The van der Waals surface area contributed by atoms with Crippen molar-refractivity contribution in [2.24, 2.45) is 11.5 Å². The highest BCUT2D eigenvalue weighted by Gasteiger charge is 2.17. The van der Waals surface area contributed by atoms with E-state index in [0.29, 0.717) is 6.42 Å². The van der Waals surface area contributed by atoms with Crippen LogP contribution in [0.4, 0.5) is 0 Å². The Morgan fingerprint density at radius 3 is 2.43 bits per heavy atom. The van der Waals surface area contributed by atoms with Crippen LogP contribution in [-0.4, -0.2) is 23.9 Å². The van der Waals surface area contributed by atoms with Crippen molar-refractivity contribution in [3.8, 4) is 0 Å². The quantitative estimate of drug-likeness (QED) is 0.540. The average molecular weight is 201 g/mol. The Labute approximate surface area is 84.2 Å². The number of carbonyl (C=O) groups is 2. The highest BCUT2D eigenvalue weighted by atomic mass is 16.2. The zero-order chi connectivity index (χ0) is 11.1. The minimum absolute atomic E-state index is 0.315. The molecular weight excluding hydrogens is 182 g/mol. The van der Waals surface area contributed by atoms with Crippen molar-refractivity contribution < 1.29 is 9.59 Å². The lowest BCUT2D eigenvalue weighted by Crippen LogP contribution is -2.48. The molecule has 0 aliphatic rings.